The zero-order valence-electron chi connectivity index (χ0n) is 42.7. The van der Waals surface area contributed by atoms with Gasteiger partial charge in [-0.3, -0.25) is 0 Å². The number of nitrogens with one attached hydrogen (secondary N) is 1. The van der Waals surface area contributed by atoms with Crippen LogP contribution in [0.15, 0.2) is 158 Å². The summed E-state index contributed by atoms with van der Waals surface area (Å²) in [5.41, 5.74) is 31.0. The van der Waals surface area contributed by atoms with Crippen molar-refractivity contribution >= 4 is 57.4 Å². The summed E-state index contributed by atoms with van der Waals surface area (Å²) in [5, 5.41) is 6.56. The van der Waals surface area contributed by atoms with Crippen LogP contribution >= 0.6 is 0 Å². The zero-order valence-corrected chi connectivity index (χ0v) is 42.7. The van der Waals surface area contributed by atoms with E-state index in [4.69, 9.17) is 0 Å². The number of fused-ring (bicyclic) bond motifs is 9. The third kappa shape index (κ3) is 6.75. The second-order valence-corrected chi connectivity index (χ2v) is 22.0. The Morgan fingerprint density at radius 1 is 0.529 bits per heavy atom. The molecule has 0 aromatic heterocycles. The van der Waals surface area contributed by atoms with Gasteiger partial charge in [-0.1, -0.05) is 180 Å². The van der Waals surface area contributed by atoms with Gasteiger partial charge in [-0.2, -0.15) is 0 Å². The van der Waals surface area contributed by atoms with Crippen molar-refractivity contribution in [2.24, 2.45) is 0 Å². The van der Waals surface area contributed by atoms with Gasteiger partial charge < -0.3 is 10.2 Å². The number of nitrogens with zero attached hydrogens (tertiary/aromatic N) is 1. The predicted molar refractivity (Wildman–Crippen MR) is 303 cm³/mol. The van der Waals surface area contributed by atoms with Gasteiger partial charge >= 0.3 is 0 Å². The number of rotatable bonds is 8. The number of hydrogen-bond acceptors (Lipinski definition) is 2. The minimum absolute atomic E-state index is 0.0622. The van der Waals surface area contributed by atoms with Gasteiger partial charge in [0.25, 0.3) is 0 Å². The molecule has 1 aliphatic heterocycles. The number of aryl methyl sites for hydroxylation is 4. The second kappa shape index (κ2) is 16.2. The van der Waals surface area contributed by atoms with E-state index in [0.717, 1.165) is 18.7 Å². The lowest BCUT2D eigenvalue weighted by atomic mass is 9.57. The highest BCUT2D eigenvalue weighted by Crippen LogP contribution is 2.53. The molecule has 0 bridgehead atoms. The fourth-order valence-corrected chi connectivity index (χ4v) is 13.2. The highest BCUT2D eigenvalue weighted by molar-refractivity contribution is 6.73. The number of benzene rings is 9. The summed E-state index contributed by atoms with van der Waals surface area (Å²) >= 11 is 0. The van der Waals surface area contributed by atoms with Gasteiger partial charge in [-0.15, -0.1) is 0 Å². The maximum Gasteiger partial charge on any atom is 0.198 e. The molecule has 3 aliphatic rings. The molecule has 0 spiro atoms. The van der Waals surface area contributed by atoms with Gasteiger partial charge in [-0.05, 0) is 171 Å². The molecule has 344 valence electrons. The van der Waals surface area contributed by atoms with E-state index in [1.807, 2.05) is 0 Å². The van der Waals surface area contributed by atoms with Gasteiger partial charge in [0, 0.05) is 44.5 Å². The molecule has 0 fully saturated rings. The van der Waals surface area contributed by atoms with Gasteiger partial charge in [0.15, 0.2) is 7.28 Å². The molecule has 12 rings (SSSR count). The van der Waals surface area contributed by atoms with Gasteiger partial charge in [0.05, 0.1) is 5.69 Å². The monoisotopic (exact) mass is 907 g/mol. The van der Waals surface area contributed by atoms with Crippen LogP contribution in [-0.4, -0.2) is 7.28 Å². The quantitative estimate of drug-likeness (QED) is 0.153. The van der Waals surface area contributed by atoms with Crippen LogP contribution in [0.1, 0.15) is 110 Å². The lowest BCUT2D eigenvalue weighted by Gasteiger charge is -2.37. The molecule has 9 aromatic rings. The van der Waals surface area contributed by atoms with Crippen LogP contribution in [0.5, 0.6) is 0 Å². The van der Waals surface area contributed by atoms with Crippen LogP contribution in [0.25, 0.3) is 55.3 Å². The van der Waals surface area contributed by atoms with E-state index in [1.165, 1.54) is 146 Å². The lowest BCUT2D eigenvalue weighted by Crippen LogP contribution is -2.41. The Hall–Kier alpha value is -7.10. The first-order valence-corrected chi connectivity index (χ1v) is 25.7. The molecule has 1 heterocycles. The van der Waals surface area contributed by atoms with Crippen molar-refractivity contribution in [1.82, 2.24) is 0 Å². The zero-order chi connectivity index (χ0) is 48.4. The van der Waals surface area contributed by atoms with Gasteiger partial charge in [-0.25, -0.2) is 0 Å². The SMILES string of the molecule is CCC[C@H](C)c1ccc(N2c3cc4c(cc3Bc3c(-c5ccc6ccccc6c5Nc5ccc6c(c5)-c5ccccc5C6(C)C)cc(-c5c(C)cc(C)cc5C)cc32)-c2ccccc2C4(C)C)c(C)c1. The molecule has 1 N–H and O–H groups in total. The van der Waals surface area contributed by atoms with Crippen LogP contribution in [0.2, 0.25) is 0 Å². The molecule has 0 saturated carbocycles. The van der Waals surface area contributed by atoms with Crippen molar-refractivity contribution in [3.8, 4) is 44.5 Å². The molecule has 1 atom stereocenters. The molecule has 9 aromatic carbocycles. The molecule has 3 heteroatoms. The smallest absolute Gasteiger partial charge is 0.198 e. The molecule has 2 aliphatic carbocycles. The predicted octanol–water partition coefficient (Wildman–Crippen LogP) is 16.8. The van der Waals surface area contributed by atoms with Crippen molar-refractivity contribution < 1.29 is 0 Å². The molecule has 0 unspecified atom stereocenters. The average molecular weight is 907 g/mol. The summed E-state index contributed by atoms with van der Waals surface area (Å²) in [4.78, 5) is 2.65. The first-order valence-electron chi connectivity index (χ1n) is 25.7. The van der Waals surface area contributed by atoms with Crippen molar-refractivity contribution in [2.45, 2.75) is 98.8 Å². The minimum atomic E-state index is -0.133. The standard InChI is InChI=1S/C67H63BN2/c1-11-18-40(3)45-26-30-60(41(4)33-45)70-61-38-58-53(50-22-15-17-24-56(50)67(58,9)10)37-59(61)68-64-54(34-46(35-62(64)70)63-42(5)31-39(2)32-43(63)6)51-28-25-44-19-12-13-20-48(44)65(51)69-47-27-29-57-52(36-47)49-21-14-16-23-55(49)66(57,7)8/h12-17,19-38,40,68-69H,11,18H2,1-10H3/t40-/m0/s1. The average Bonchev–Trinajstić information content (AvgIpc) is 3.71. The molecule has 0 saturated heterocycles. The van der Waals surface area contributed by atoms with Gasteiger partial charge in [0.2, 0.25) is 0 Å². The van der Waals surface area contributed by atoms with Crippen LogP contribution < -0.4 is 21.1 Å². The molecule has 70 heavy (non-hydrogen) atoms. The fraction of sp³-hybridized carbons (Fsp3) is 0.224. The van der Waals surface area contributed by atoms with E-state index in [9.17, 15) is 0 Å². The number of hydrogen-bond donors (Lipinski definition) is 1. The van der Waals surface area contributed by atoms with Crippen LogP contribution in [-0.2, 0) is 10.8 Å². The third-order valence-electron chi connectivity index (χ3n) is 16.6. The Morgan fingerprint density at radius 2 is 1.19 bits per heavy atom. The molecule has 0 radical (unpaired) electrons. The normalized spacial score (nSPS) is 14.8. The number of anilines is 5. The van der Waals surface area contributed by atoms with Crippen molar-refractivity contribution in [1.29, 1.82) is 0 Å². The largest absolute Gasteiger partial charge is 0.354 e. The van der Waals surface area contributed by atoms with E-state index in [1.54, 1.807) is 0 Å². The Labute approximate surface area is 416 Å². The maximum atomic E-state index is 4.14. The summed E-state index contributed by atoms with van der Waals surface area (Å²) in [6, 6.07) is 60.9. The first-order chi connectivity index (χ1) is 33.7. The fourth-order valence-electron chi connectivity index (χ4n) is 13.2. The van der Waals surface area contributed by atoms with E-state index in [0.29, 0.717) is 5.92 Å². The Balaban J connectivity index is 1.14. The van der Waals surface area contributed by atoms with Crippen LogP contribution in [0.4, 0.5) is 28.4 Å². The Bertz CT molecular complexity index is 3620. The van der Waals surface area contributed by atoms with Gasteiger partial charge in [0.1, 0.15) is 0 Å². The Morgan fingerprint density at radius 3 is 1.90 bits per heavy atom. The van der Waals surface area contributed by atoms with E-state index < -0.39 is 0 Å². The van der Waals surface area contributed by atoms with E-state index >= 15 is 0 Å². The molecule has 2 nitrogen and oxygen atoms in total. The molecule has 0 amide bonds. The Kier molecular flexibility index (Phi) is 10.2. The highest BCUT2D eigenvalue weighted by atomic mass is 15.2. The summed E-state index contributed by atoms with van der Waals surface area (Å²) in [6.45, 7) is 23.4. The topological polar surface area (TPSA) is 15.3 Å². The van der Waals surface area contributed by atoms with Crippen molar-refractivity contribution in [2.75, 3.05) is 10.2 Å². The third-order valence-corrected chi connectivity index (χ3v) is 16.6. The highest BCUT2D eigenvalue weighted by Gasteiger charge is 2.39. The summed E-state index contributed by atoms with van der Waals surface area (Å²) in [7, 11) is 0.806. The van der Waals surface area contributed by atoms with Crippen LogP contribution in [0, 0.1) is 27.7 Å². The summed E-state index contributed by atoms with van der Waals surface area (Å²) < 4.78 is 0. The first kappa shape index (κ1) is 44.1. The second-order valence-electron chi connectivity index (χ2n) is 22.0. The van der Waals surface area contributed by atoms with E-state index in [-0.39, 0.29) is 10.8 Å². The minimum Gasteiger partial charge on any atom is -0.354 e. The summed E-state index contributed by atoms with van der Waals surface area (Å²) in [5.74, 6) is 0.498. The molecular formula is C67H63BN2. The molecular weight excluding hydrogens is 844 g/mol. The van der Waals surface area contributed by atoms with Crippen LogP contribution in [0.3, 0.4) is 0 Å². The van der Waals surface area contributed by atoms with Crippen molar-refractivity contribution in [3.05, 3.63) is 208 Å². The van der Waals surface area contributed by atoms with Crippen molar-refractivity contribution in [3.63, 3.8) is 0 Å². The summed E-state index contributed by atoms with van der Waals surface area (Å²) in [6.07, 6.45) is 2.35. The van der Waals surface area contributed by atoms with E-state index in [2.05, 4.69) is 237 Å². The lowest BCUT2D eigenvalue weighted by molar-refractivity contribution is 0.660. The maximum absolute atomic E-state index is 4.14.